The molecule has 4 aromatic rings. The molecule has 0 spiro atoms. The van der Waals surface area contributed by atoms with Gasteiger partial charge in [-0.2, -0.15) is 0 Å². The van der Waals surface area contributed by atoms with Crippen LogP contribution in [-0.2, 0) is 17.9 Å². The van der Waals surface area contributed by atoms with Crippen molar-refractivity contribution in [3.05, 3.63) is 96.1 Å². The van der Waals surface area contributed by atoms with E-state index >= 15 is 0 Å². The smallest absolute Gasteiger partial charge is 0.147 e. The topological polar surface area (TPSA) is 27.1 Å². The first-order chi connectivity index (χ1) is 14.0. The maximum atomic E-state index is 14.5. The minimum Gasteiger partial charge on any atom is -0.374 e. The van der Waals surface area contributed by atoms with Crippen LogP contribution >= 0.6 is 0 Å². The molecule has 1 aromatic heterocycles. The molecule has 3 nitrogen and oxygen atoms in total. The second-order valence-corrected chi connectivity index (χ2v) is 6.45. The lowest BCUT2D eigenvalue weighted by Gasteiger charge is -2.12. The predicted molar refractivity (Wildman–Crippen MR) is 101 cm³/mol. The molecule has 0 bridgehead atoms. The molecule has 1 radical (unpaired) electrons. The number of fused-ring (bicyclic) bond motifs is 1. The van der Waals surface area contributed by atoms with Crippen molar-refractivity contribution in [1.29, 1.82) is 0 Å². The number of rotatable bonds is 5. The van der Waals surface area contributed by atoms with E-state index in [9.17, 15) is 17.6 Å². The highest BCUT2D eigenvalue weighted by Crippen LogP contribution is 2.32. The van der Waals surface area contributed by atoms with Gasteiger partial charge in [0.1, 0.15) is 29.1 Å². The molecule has 4 rings (SSSR count). The molecular formula is C22H15F4N2O. The van der Waals surface area contributed by atoms with Crippen molar-refractivity contribution in [3.8, 4) is 11.4 Å². The largest absolute Gasteiger partial charge is 0.374 e. The van der Waals surface area contributed by atoms with Gasteiger partial charge in [-0.15, -0.1) is 0 Å². The van der Waals surface area contributed by atoms with Crippen LogP contribution in [0.25, 0.3) is 22.4 Å². The number of benzene rings is 3. The summed E-state index contributed by atoms with van der Waals surface area (Å²) in [4.78, 5) is 4.41. The molecule has 0 aliphatic carbocycles. The highest BCUT2D eigenvalue weighted by Gasteiger charge is 2.22. The van der Waals surface area contributed by atoms with Crippen LogP contribution in [0.3, 0.4) is 0 Å². The van der Waals surface area contributed by atoms with Gasteiger partial charge in [0.15, 0.2) is 0 Å². The van der Waals surface area contributed by atoms with Crippen molar-refractivity contribution in [2.45, 2.75) is 13.2 Å². The Hall–Kier alpha value is -3.19. The zero-order valence-electron chi connectivity index (χ0n) is 15.1. The maximum absolute atomic E-state index is 14.5. The van der Waals surface area contributed by atoms with E-state index in [1.54, 1.807) is 18.2 Å². The lowest BCUT2D eigenvalue weighted by molar-refractivity contribution is 0.230. The third-order valence-electron chi connectivity index (χ3n) is 4.68. The summed E-state index contributed by atoms with van der Waals surface area (Å²) >= 11 is 0. The Labute approximate surface area is 164 Å². The Morgan fingerprint density at radius 2 is 1.41 bits per heavy atom. The minimum atomic E-state index is -0.828. The number of ether oxygens (including phenoxy) is 1. The molecule has 0 aliphatic heterocycles. The molecule has 0 amide bonds. The molecule has 0 aliphatic rings. The predicted octanol–water partition coefficient (Wildman–Crippen LogP) is 5.62. The number of imidazole rings is 1. The van der Waals surface area contributed by atoms with Crippen molar-refractivity contribution in [3.63, 3.8) is 0 Å². The quantitative estimate of drug-likeness (QED) is 0.408. The molecule has 0 saturated heterocycles. The van der Waals surface area contributed by atoms with Crippen molar-refractivity contribution in [1.82, 2.24) is 9.55 Å². The summed E-state index contributed by atoms with van der Waals surface area (Å²) < 4.78 is 63.9. The first kappa shape index (κ1) is 19.1. The molecule has 1 heterocycles. The summed E-state index contributed by atoms with van der Waals surface area (Å²) in [5, 5.41) is 0. The van der Waals surface area contributed by atoms with Crippen molar-refractivity contribution < 1.29 is 22.3 Å². The van der Waals surface area contributed by atoms with Gasteiger partial charge in [-0.25, -0.2) is 22.5 Å². The zero-order chi connectivity index (χ0) is 20.5. The zero-order valence-corrected chi connectivity index (χ0v) is 15.1. The number of para-hydroxylation sites is 1. The third kappa shape index (κ3) is 3.38. The summed E-state index contributed by atoms with van der Waals surface area (Å²) in [5.74, 6) is -3.25. The highest BCUT2D eigenvalue weighted by atomic mass is 19.1. The van der Waals surface area contributed by atoms with E-state index in [4.69, 9.17) is 4.74 Å². The van der Waals surface area contributed by atoms with Gasteiger partial charge in [0.05, 0.1) is 36.9 Å². The van der Waals surface area contributed by atoms with Crippen molar-refractivity contribution in [2.24, 2.45) is 0 Å². The second-order valence-electron chi connectivity index (χ2n) is 6.45. The summed E-state index contributed by atoms with van der Waals surface area (Å²) in [6.45, 7) is -0.186. The first-order valence-corrected chi connectivity index (χ1v) is 8.73. The summed E-state index contributed by atoms with van der Waals surface area (Å²) in [6, 6.07) is 12.0. The SMILES string of the molecule is [CH2]OCc1cccc2c1nc(-c1c(F)cccc1F)n2Cc1c(F)cccc1F. The van der Waals surface area contributed by atoms with Crippen LogP contribution in [0, 0.1) is 30.4 Å². The molecule has 3 aromatic carbocycles. The fourth-order valence-electron chi connectivity index (χ4n) is 3.34. The van der Waals surface area contributed by atoms with Crippen LogP contribution in [0.4, 0.5) is 17.6 Å². The van der Waals surface area contributed by atoms with Crippen LogP contribution in [-0.4, -0.2) is 9.55 Å². The van der Waals surface area contributed by atoms with E-state index in [1.165, 1.54) is 16.7 Å². The molecule has 0 N–H and O–H groups in total. The van der Waals surface area contributed by atoms with Gasteiger partial charge >= 0.3 is 0 Å². The van der Waals surface area contributed by atoms with Crippen LogP contribution in [0.15, 0.2) is 54.6 Å². The van der Waals surface area contributed by atoms with E-state index < -0.39 is 23.3 Å². The lowest BCUT2D eigenvalue weighted by Crippen LogP contribution is -2.08. The van der Waals surface area contributed by atoms with E-state index in [0.29, 0.717) is 16.6 Å². The summed E-state index contributed by atoms with van der Waals surface area (Å²) in [7, 11) is 3.34. The Balaban J connectivity index is 2.02. The highest BCUT2D eigenvalue weighted by molar-refractivity contribution is 5.84. The second kappa shape index (κ2) is 7.67. The molecule has 0 unspecified atom stereocenters. The lowest BCUT2D eigenvalue weighted by atomic mass is 10.1. The monoisotopic (exact) mass is 399 g/mol. The molecular weight excluding hydrogens is 384 g/mol. The van der Waals surface area contributed by atoms with E-state index in [0.717, 1.165) is 24.3 Å². The van der Waals surface area contributed by atoms with Crippen LogP contribution in [0.2, 0.25) is 0 Å². The number of hydrogen-bond acceptors (Lipinski definition) is 2. The molecule has 7 heteroatoms. The number of aromatic nitrogens is 2. The van der Waals surface area contributed by atoms with Crippen molar-refractivity contribution >= 4 is 11.0 Å². The molecule has 0 atom stereocenters. The number of nitrogens with zero attached hydrogens (tertiary/aromatic N) is 2. The van der Waals surface area contributed by atoms with E-state index in [1.807, 2.05) is 0 Å². The van der Waals surface area contributed by atoms with Gasteiger partial charge in [-0.05, 0) is 30.3 Å². The standard InChI is InChI=1S/C22H15F4N2O/c1-29-12-13-5-2-10-19-21(13)27-22(20-17(25)8-4-9-18(20)26)28(19)11-14-15(23)6-3-7-16(14)24/h2-10H,1,11-12H2. The Kier molecular flexibility index (Phi) is 5.07. The normalized spacial score (nSPS) is 11.3. The summed E-state index contributed by atoms with van der Waals surface area (Å²) in [5.41, 5.74) is 0.888. The molecule has 0 fully saturated rings. The van der Waals surface area contributed by atoms with Gasteiger partial charge in [-0.3, -0.25) is 0 Å². The number of halogens is 4. The fraction of sp³-hybridized carbons (Fsp3) is 0.0909. The fourth-order valence-corrected chi connectivity index (χ4v) is 3.34. The molecule has 0 saturated carbocycles. The van der Waals surface area contributed by atoms with E-state index in [-0.39, 0.29) is 30.1 Å². The molecule has 147 valence electrons. The average molecular weight is 399 g/mol. The Bertz CT molecular complexity index is 1160. The van der Waals surface area contributed by atoms with Gasteiger partial charge in [-0.1, -0.05) is 24.3 Å². The van der Waals surface area contributed by atoms with Gasteiger partial charge in [0.2, 0.25) is 0 Å². The van der Waals surface area contributed by atoms with Crippen molar-refractivity contribution in [2.75, 3.05) is 0 Å². The minimum absolute atomic E-state index is 0.0743. The molecule has 29 heavy (non-hydrogen) atoms. The average Bonchev–Trinajstić information content (AvgIpc) is 3.04. The third-order valence-corrected chi connectivity index (χ3v) is 4.68. The maximum Gasteiger partial charge on any atom is 0.147 e. The van der Waals surface area contributed by atoms with Crippen LogP contribution in [0.1, 0.15) is 11.1 Å². The Morgan fingerprint density at radius 3 is 2.03 bits per heavy atom. The van der Waals surface area contributed by atoms with Crippen LogP contribution < -0.4 is 0 Å². The Morgan fingerprint density at radius 1 is 0.828 bits per heavy atom. The van der Waals surface area contributed by atoms with Gasteiger partial charge in [0, 0.05) is 11.1 Å². The summed E-state index contributed by atoms with van der Waals surface area (Å²) in [6.07, 6.45) is 0. The van der Waals surface area contributed by atoms with Gasteiger partial charge < -0.3 is 9.30 Å². The van der Waals surface area contributed by atoms with E-state index in [2.05, 4.69) is 12.1 Å². The number of hydrogen-bond donors (Lipinski definition) is 0. The van der Waals surface area contributed by atoms with Gasteiger partial charge in [0.25, 0.3) is 0 Å². The van der Waals surface area contributed by atoms with Crippen LogP contribution in [0.5, 0.6) is 0 Å². The first-order valence-electron chi connectivity index (χ1n) is 8.73.